The Hall–Kier alpha value is -1.83. The molecular formula is C12H8Cl2N6S. The number of nitrogen functional groups attached to an aromatic ring is 1. The summed E-state index contributed by atoms with van der Waals surface area (Å²) in [6, 6.07) is 5.29. The number of benzene rings is 1. The summed E-state index contributed by atoms with van der Waals surface area (Å²) in [7, 11) is 0. The molecule has 0 unspecified atom stereocenters. The van der Waals surface area contributed by atoms with Crippen LogP contribution in [0.4, 0.5) is 5.95 Å². The van der Waals surface area contributed by atoms with Gasteiger partial charge in [0, 0.05) is 17.3 Å². The number of hydrogen-bond donors (Lipinski definition) is 1. The Morgan fingerprint density at radius 1 is 1.10 bits per heavy atom. The van der Waals surface area contributed by atoms with Crippen LogP contribution in [0.5, 0.6) is 0 Å². The van der Waals surface area contributed by atoms with Gasteiger partial charge < -0.3 is 5.73 Å². The third-order valence-corrected chi connectivity index (χ3v) is 4.05. The molecule has 0 aliphatic carbocycles. The molecule has 0 radical (unpaired) electrons. The first kappa shape index (κ1) is 14.1. The average molecular weight is 339 g/mol. The van der Waals surface area contributed by atoms with E-state index in [1.165, 1.54) is 11.8 Å². The van der Waals surface area contributed by atoms with Gasteiger partial charge in [0.25, 0.3) is 0 Å². The number of hydrogen-bond acceptors (Lipinski definition) is 6. The van der Waals surface area contributed by atoms with Crippen LogP contribution >= 0.6 is 35.0 Å². The van der Waals surface area contributed by atoms with Crippen molar-refractivity contribution in [2.45, 2.75) is 10.1 Å². The summed E-state index contributed by atoms with van der Waals surface area (Å²) < 4.78 is 1.65. The van der Waals surface area contributed by atoms with Gasteiger partial charge in [0.15, 0.2) is 5.16 Å². The van der Waals surface area contributed by atoms with E-state index in [2.05, 4.69) is 19.9 Å². The minimum atomic E-state index is 0.135. The van der Waals surface area contributed by atoms with E-state index in [-0.39, 0.29) is 5.95 Å². The summed E-state index contributed by atoms with van der Waals surface area (Å²) in [6.45, 7) is 0. The number of aromatic nitrogens is 5. The molecule has 0 amide bonds. The Bertz CT molecular complexity index is 777. The lowest BCUT2D eigenvalue weighted by molar-refractivity contribution is 0.832. The predicted molar refractivity (Wildman–Crippen MR) is 81.9 cm³/mol. The number of anilines is 1. The molecule has 0 saturated heterocycles. The summed E-state index contributed by atoms with van der Waals surface area (Å²) in [6.07, 6.45) is 4.94. The van der Waals surface area contributed by atoms with E-state index in [0.29, 0.717) is 21.2 Å². The summed E-state index contributed by atoms with van der Waals surface area (Å²) in [4.78, 5) is 17.3. The molecule has 0 bridgehead atoms. The average Bonchev–Trinajstić information content (AvgIpc) is 2.96. The molecule has 0 saturated carbocycles. The van der Waals surface area contributed by atoms with Crippen molar-refractivity contribution in [2.75, 3.05) is 5.73 Å². The lowest BCUT2D eigenvalue weighted by Gasteiger charge is -2.05. The zero-order valence-corrected chi connectivity index (χ0v) is 12.8. The third kappa shape index (κ3) is 3.26. The summed E-state index contributed by atoms with van der Waals surface area (Å²) in [5.41, 5.74) is 5.72. The quantitative estimate of drug-likeness (QED) is 0.790. The van der Waals surface area contributed by atoms with Crippen LogP contribution in [0.3, 0.4) is 0 Å². The van der Waals surface area contributed by atoms with Crippen LogP contribution in [-0.4, -0.2) is 24.5 Å². The lowest BCUT2D eigenvalue weighted by Crippen LogP contribution is -2.05. The fourth-order valence-electron chi connectivity index (χ4n) is 1.55. The monoisotopic (exact) mass is 338 g/mol. The SMILES string of the molecule is Nc1nc(Sc2ccc(Cl)c(Cl)c2)nc(-n2ccnc2)n1. The van der Waals surface area contributed by atoms with E-state index in [4.69, 9.17) is 28.9 Å². The van der Waals surface area contributed by atoms with Crippen molar-refractivity contribution in [1.29, 1.82) is 0 Å². The second kappa shape index (κ2) is 5.88. The van der Waals surface area contributed by atoms with Crippen molar-refractivity contribution in [3.63, 3.8) is 0 Å². The first-order valence-corrected chi connectivity index (χ1v) is 7.32. The van der Waals surface area contributed by atoms with E-state index < -0.39 is 0 Å². The molecule has 106 valence electrons. The van der Waals surface area contributed by atoms with E-state index in [0.717, 1.165) is 4.90 Å². The molecule has 2 heterocycles. The molecule has 21 heavy (non-hydrogen) atoms. The lowest BCUT2D eigenvalue weighted by atomic mass is 10.4. The molecule has 0 fully saturated rings. The van der Waals surface area contributed by atoms with Gasteiger partial charge in [0.05, 0.1) is 10.0 Å². The Kier molecular flexibility index (Phi) is 3.96. The van der Waals surface area contributed by atoms with Crippen molar-refractivity contribution in [2.24, 2.45) is 0 Å². The van der Waals surface area contributed by atoms with Gasteiger partial charge in [-0.2, -0.15) is 15.0 Å². The van der Waals surface area contributed by atoms with Crippen molar-refractivity contribution in [3.8, 4) is 5.95 Å². The highest BCUT2D eigenvalue weighted by atomic mass is 35.5. The van der Waals surface area contributed by atoms with Crippen LogP contribution in [0.15, 0.2) is 47.0 Å². The molecule has 3 aromatic rings. The molecule has 6 nitrogen and oxygen atoms in total. The van der Waals surface area contributed by atoms with E-state index in [1.807, 2.05) is 6.07 Å². The second-order valence-corrected chi connectivity index (χ2v) is 5.78. The molecule has 2 aromatic heterocycles. The number of rotatable bonds is 3. The van der Waals surface area contributed by atoms with Gasteiger partial charge in [-0.25, -0.2) is 4.98 Å². The number of nitrogens with zero attached hydrogens (tertiary/aromatic N) is 5. The molecule has 0 aliphatic heterocycles. The fourth-order valence-corrected chi connectivity index (χ4v) is 2.70. The first-order chi connectivity index (χ1) is 10.1. The van der Waals surface area contributed by atoms with Crippen LogP contribution in [-0.2, 0) is 0 Å². The Morgan fingerprint density at radius 2 is 1.95 bits per heavy atom. The van der Waals surface area contributed by atoms with E-state index in [1.54, 1.807) is 35.4 Å². The number of nitrogens with two attached hydrogens (primary N) is 1. The van der Waals surface area contributed by atoms with Gasteiger partial charge in [-0.3, -0.25) is 4.57 Å². The Balaban J connectivity index is 1.93. The van der Waals surface area contributed by atoms with Crippen LogP contribution in [0.25, 0.3) is 5.95 Å². The van der Waals surface area contributed by atoms with Crippen molar-refractivity contribution in [1.82, 2.24) is 24.5 Å². The van der Waals surface area contributed by atoms with E-state index in [9.17, 15) is 0 Å². The zero-order chi connectivity index (χ0) is 14.8. The van der Waals surface area contributed by atoms with Crippen LogP contribution < -0.4 is 5.73 Å². The molecule has 3 rings (SSSR count). The highest BCUT2D eigenvalue weighted by Crippen LogP contribution is 2.31. The highest BCUT2D eigenvalue weighted by Gasteiger charge is 2.09. The Labute approximate surface area is 134 Å². The smallest absolute Gasteiger partial charge is 0.240 e. The maximum Gasteiger partial charge on any atom is 0.240 e. The van der Waals surface area contributed by atoms with Crippen molar-refractivity contribution >= 4 is 40.9 Å². The highest BCUT2D eigenvalue weighted by molar-refractivity contribution is 7.99. The predicted octanol–water partition coefficient (Wildman–Crippen LogP) is 3.10. The molecule has 9 heteroatoms. The van der Waals surface area contributed by atoms with Crippen molar-refractivity contribution < 1.29 is 0 Å². The van der Waals surface area contributed by atoms with Gasteiger partial charge in [-0.1, -0.05) is 23.2 Å². The molecule has 0 atom stereocenters. The normalized spacial score (nSPS) is 10.8. The summed E-state index contributed by atoms with van der Waals surface area (Å²) >= 11 is 13.2. The second-order valence-electron chi connectivity index (χ2n) is 3.92. The maximum absolute atomic E-state index is 5.99. The van der Waals surface area contributed by atoms with Crippen molar-refractivity contribution in [3.05, 3.63) is 47.0 Å². The minimum absolute atomic E-state index is 0.135. The summed E-state index contributed by atoms with van der Waals surface area (Å²) in [5, 5.41) is 1.43. The molecule has 0 spiro atoms. The molecule has 2 N–H and O–H groups in total. The van der Waals surface area contributed by atoms with Crippen LogP contribution in [0.1, 0.15) is 0 Å². The number of halogens is 2. The van der Waals surface area contributed by atoms with Gasteiger partial charge in [-0.15, -0.1) is 0 Å². The molecule has 1 aromatic carbocycles. The van der Waals surface area contributed by atoms with E-state index >= 15 is 0 Å². The summed E-state index contributed by atoms with van der Waals surface area (Å²) in [5.74, 6) is 0.541. The third-order valence-electron chi connectivity index (χ3n) is 2.46. The minimum Gasteiger partial charge on any atom is -0.368 e. The largest absolute Gasteiger partial charge is 0.368 e. The van der Waals surface area contributed by atoms with Crippen LogP contribution in [0.2, 0.25) is 10.0 Å². The topological polar surface area (TPSA) is 82.5 Å². The standard InChI is InChI=1S/C12H8Cl2N6S/c13-8-2-1-7(5-9(8)14)21-12-18-10(15)17-11(19-12)20-4-3-16-6-20/h1-6H,(H2,15,17,18,19). The fraction of sp³-hybridized carbons (Fsp3) is 0. The van der Waals surface area contributed by atoms with Crippen LogP contribution in [0, 0.1) is 0 Å². The van der Waals surface area contributed by atoms with Gasteiger partial charge >= 0.3 is 0 Å². The van der Waals surface area contributed by atoms with Gasteiger partial charge in [0.1, 0.15) is 6.33 Å². The maximum atomic E-state index is 5.99. The molecular weight excluding hydrogens is 331 g/mol. The molecule has 0 aliphatic rings. The Morgan fingerprint density at radius 3 is 2.67 bits per heavy atom. The number of imidazole rings is 1. The van der Waals surface area contributed by atoms with Gasteiger partial charge in [0.2, 0.25) is 11.9 Å². The zero-order valence-electron chi connectivity index (χ0n) is 10.4. The van der Waals surface area contributed by atoms with Gasteiger partial charge in [-0.05, 0) is 30.0 Å². The first-order valence-electron chi connectivity index (χ1n) is 5.74.